The number of amides is 2. The lowest BCUT2D eigenvalue weighted by Gasteiger charge is -2.19. The molecule has 2 amide bonds. The second-order valence-corrected chi connectivity index (χ2v) is 5.53. The van der Waals surface area contributed by atoms with Gasteiger partial charge in [0.25, 0.3) is 0 Å². The molecule has 1 heterocycles. The second kappa shape index (κ2) is 6.98. The summed E-state index contributed by atoms with van der Waals surface area (Å²) in [5.41, 5.74) is 0.683. The van der Waals surface area contributed by atoms with Crippen molar-refractivity contribution in [2.24, 2.45) is 5.92 Å². The zero-order chi connectivity index (χ0) is 17.9. The molecule has 1 aromatic carbocycles. The number of carbonyl (C=O) groups is 2. The van der Waals surface area contributed by atoms with Gasteiger partial charge in [-0.15, -0.1) is 0 Å². The second-order valence-electron chi connectivity index (χ2n) is 5.53. The average Bonchev–Trinajstić information content (AvgIpc) is 2.97. The number of carboxylic acids is 1. The summed E-state index contributed by atoms with van der Waals surface area (Å²) in [5, 5.41) is 11.5. The van der Waals surface area contributed by atoms with E-state index in [1.54, 1.807) is 6.07 Å². The largest absolute Gasteiger partial charge is 0.484 e. The van der Waals surface area contributed by atoms with Crippen LogP contribution in [0.25, 0.3) is 0 Å². The zero-order valence-electron chi connectivity index (χ0n) is 12.9. The first-order chi connectivity index (χ1) is 11.2. The molecule has 1 aliphatic rings. The molecular weight excluding hydrogens is 329 g/mol. The molecule has 1 aliphatic heterocycles. The minimum Gasteiger partial charge on any atom is -0.484 e. The molecule has 0 aliphatic carbocycles. The predicted octanol–water partition coefficient (Wildman–Crippen LogP) is 2.87. The summed E-state index contributed by atoms with van der Waals surface area (Å²) in [6, 6.07) is 3.90. The van der Waals surface area contributed by atoms with Gasteiger partial charge in [0, 0.05) is 24.3 Å². The predicted molar refractivity (Wildman–Crippen MR) is 79.1 cm³/mol. The minimum atomic E-state index is -4.45. The lowest BCUT2D eigenvalue weighted by molar-refractivity contribution is -0.153. The fourth-order valence-corrected chi connectivity index (χ4v) is 2.41. The molecule has 1 atom stereocenters. The number of likely N-dealkylation sites (tertiary alicyclic amines) is 1. The molecule has 1 fully saturated rings. The Bertz CT molecular complexity index is 634. The van der Waals surface area contributed by atoms with Gasteiger partial charge in [0.05, 0.1) is 5.92 Å². The summed E-state index contributed by atoms with van der Waals surface area (Å²) in [6.45, 7) is 0.527. The van der Waals surface area contributed by atoms with Crippen LogP contribution in [0.15, 0.2) is 18.2 Å². The minimum absolute atomic E-state index is 0.0231. The number of ether oxygens (including phenoxy) is 1. The van der Waals surface area contributed by atoms with E-state index < -0.39 is 30.7 Å². The third-order valence-corrected chi connectivity index (χ3v) is 3.74. The maximum absolute atomic E-state index is 12.2. The molecule has 9 heteroatoms. The summed E-state index contributed by atoms with van der Waals surface area (Å²) >= 11 is 0. The molecular formula is C15H17F3N2O4. The summed E-state index contributed by atoms with van der Waals surface area (Å²) in [7, 11) is 0. The van der Waals surface area contributed by atoms with Gasteiger partial charge in [-0.05, 0) is 25.5 Å². The molecule has 1 saturated heterocycles. The molecule has 132 valence electrons. The van der Waals surface area contributed by atoms with Gasteiger partial charge in [-0.2, -0.15) is 13.2 Å². The van der Waals surface area contributed by atoms with Gasteiger partial charge in [-0.1, -0.05) is 6.07 Å². The topological polar surface area (TPSA) is 78.9 Å². The van der Waals surface area contributed by atoms with Crippen molar-refractivity contribution in [3.63, 3.8) is 0 Å². The van der Waals surface area contributed by atoms with E-state index in [0.29, 0.717) is 24.2 Å². The number of alkyl halides is 3. The summed E-state index contributed by atoms with van der Waals surface area (Å²) in [5.74, 6) is -1.53. The number of rotatable bonds is 4. The van der Waals surface area contributed by atoms with Crippen molar-refractivity contribution < 1.29 is 32.6 Å². The Labute approximate surface area is 136 Å². The van der Waals surface area contributed by atoms with Crippen molar-refractivity contribution in [2.75, 3.05) is 25.0 Å². The van der Waals surface area contributed by atoms with Crippen LogP contribution < -0.4 is 10.1 Å². The number of anilines is 1. The van der Waals surface area contributed by atoms with Gasteiger partial charge in [-0.3, -0.25) is 4.79 Å². The first kappa shape index (κ1) is 17.9. The maximum Gasteiger partial charge on any atom is 0.422 e. The Hall–Kier alpha value is -2.45. The standard InChI is InChI=1S/C15H17F3N2O4/c1-9-11(3-2-4-12(9)24-8-15(16,17)18)19-14(23)20-6-5-10(7-20)13(21)22/h2-4,10H,5-8H2,1H3,(H,19,23)(H,21,22). The van der Waals surface area contributed by atoms with Crippen LogP contribution in [-0.2, 0) is 4.79 Å². The van der Waals surface area contributed by atoms with Crippen LogP contribution in [-0.4, -0.2) is 47.9 Å². The van der Waals surface area contributed by atoms with Crippen LogP contribution in [0.5, 0.6) is 5.75 Å². The Kier molecular flexibility index (Phi) is 5.20. The number of hydrogen-bond acceptors (Lipinski definition) is 3. The van der Waals surface area contributed by atoms with E-state index >= 15 is 0 Å². The normalized spacial score (nSPS) is 17.7. The number of halogens is 3. The monoisotopic (exact) mass is 346 g/mol. The molecule has 2 N–H and O–H groups in total. The van der Waals surface area contributed by atoms with Gasteiger partial charge in [0.2, 0.25) is 0 Å². The van der Waals surface area contributed by atoms with E-state index in [9.17, 15) is 22.8 Å². The molecule has 6 nitrogen and oxygen atoms in total. The Morgan fingerprint density at radius 1 is 1.42 bits per heavy atom. The molecule has 24 heavy (non-hydrogen) atoms. The third kappa shape index (κ3) is 4.53. The fraction of sp³-hybridized carbons (Fsp3) is 0.467. The number of nitrogens with zero attached hydrogens (tertiary/aromatic N) is 1. The molecule has 1 aromatic rings. The third-order valence-electron chi connectivity index (χ3n) is 3.74. The number of benzene rings is 1. The highest BCUT2D eigenvalue weighted by molar-refractivity contribution is 5.91. The molecule has 0 radical (unpaired) electrons. The fourth-order valence-electron chi connectivity index (χ4n) is 2.41. The van der Waals surface area contributed by atoms with Crippen molar-refractivity contribution in [3.05, 3.63) is 23.8 Å². The molecule has 0 bridgehead atoms. The number of carboxylic acid groups (broad SMARTS) is 1. The highest BCUT2D eigenvalue weighted by Crippen LogP contribution is 2.28. The summed E-state index contributed by atoms with van der Waals surface area (Å²) in [4.78, 5) is 24.4. The first-order valence-electron chi connectivity index (χ1n) is 7.25. The zero-order valence-corrected chi connectivity index (χ0v) is 12.9. The lowest BCUT2D eigenvalue weighted by Crippen LogP contribution is -2.34. The maximum atomic E-state index is 12.2. The average molecular weight is 346 g/mol. The van der Waals surface area contributed by atoms with Crippen LogP contribution in [0.2, 0.25) is 0 Å². The number of urea groups is 1. The first-order valence-corrected chi connectivity index (χ1v) is 7.25. The molecule has 0 saturated carbocycles. The van der Waals surface area contributed by atoms with Crippen LogP contribution in [0.1, 0.15) is 12.0 Å². The highest BCUT2D eigenvalue weighted by Gasteiger charge is 2.31. The highest BCUT2D eigenvalue weighted by atomic mass is 19.4. The van der Waals surface area contributed by atoms with Gasteiger partial charge in [-0.25, -0.2) is 4.79 Å². The van der Waals surface area contributed by atoms with Gasteiger partial charge >= 0.3 is 18.2 Å². The lowest BCUT2D eigenvalue weighted by atomic mass is 10.1. The van der Waals surface area contributed by atoms with Gasteiger partial charge in [0.15, 0.2) is 6.61 Å². The Balaban J connectivity index is 2.02. The molecule has 0 aromatic heterocycles. The van der Waals surface area contributed by atoms with Gasteiger partial charge in [0.1, 0.15) is 5.75 Å². The number of nitrogens with one attached hydrogen (secondary N) is 1. The van der Waals surface area contributed by atoms with E-state index in [1.165, 1.54) is 24.0 Å². The number of aliphatic carboxylic acids is 1. The Morgan fingerprint density at radius 3 is 2.71 bits per heavy atom. The van der Waals surface area contributed by atoms with Crippen molar-refractivity contribution in [3.8, 4) is 5.75 Å². The van der Waals surface area contributed by atoms with Crippen molar-refractivity contribution >= 4 is 17.7 Å². The van der Waals surface area contributed by atoms with Crippen LogP contribution in [0.3, 0.4) is 0 Å². The quantitative estimate of drug-likeness (QED) is 0.879. The van der Waals surface area contributed by atoms with Crippen molar-refractivity contribution in [1.29, 1.82) is 0 Å². The van der Waals surface area contributed by atoms with E-state index in [1.807, 2.05) is 0 Å². The summed E-state index contributed by atoms with van der Waals surface area (Å²) in [6.07, 6.45) is -4.08. The SMILES string of the molecule is Cc1c(NC(=O)N2CCC(C(=O)O)C2)cccc1OCC(F)(F)F. The van der Waals surface area contributed by atoms with Gasteiger partial charge < -0.3 is 20.1 Å². The van der Waals surface area contributed by atoms with Crippen LogP contribution in [0, 0.1) is 12.8 Å². The number of carbonyl (C=O) groups excluding carboxylic acids is 1. The van der Waals surface area contributed by atoms with Crippen LogP contribution >= 0.6 is 0 Å². The van der Waals surface area contributed by atoms with E-state index in [4.69, 9.17) is 9.84 Å². The van der Waals surface area contributed by atoms with Crippen molar-refractivity contribution in [1.82, 2.24) is 4.90 Å². The Morgan fingerprint density at radius 2 is 2.12 bits per heavy atom. The molecule has 1 unspecified atom stereocenters. The number of hydrogen-bond donors (Lipinski definition) is 2. The summed E-state index contributed by atoms with van der Waals surface area (Å²) < 4.78 is 41.5. The molecule has 2 rings (SSSR count). The van der Waals surface area contributed by atoms with E-state index in [2.05, 4.69) is 5.32 Å². The molecule has 0 spiro atoms. The van der Waals surface area contributed by atoms with Crippen LogP contribution in [0.4, 0.5) is 23.7 Å². The van der Waals surface area contributed by atoms with E-state index in [0.717, 1.165) is 0 Å². The smallest absolute Gasteiger partial charge is 0.422 e. The van der Waals surface area contributed by atoms with Crippen molar-refractivity contribution in [2.45, 2.75) is 19.5 Å². The van der Waals surface area contributed by atoms with E-state index in [-0.39, 0.29) is 12.3 Å².